The van der Waals surface area contributed by atoms with Gasteiger partial charge in [0.2, 0.25) is 5.91 Å². The largest absolute Gasteiger partial charge is 0.484 e. The van der Waals surface area contributed by atoms with Crippen LogP contribution in [0.2, 0.25) is 0 Å². The number of aliphatic carboxylic acids is 1. The highest BCUT2D eigenvalue weighted by molar-refractivity contribution is 5.91. The molecule has 0 radical (unpaired) electrons. The highest BCUT2D eigenvalue weighted by Gasteiger charge is 2.25. The molecule has 0 saturated heterocycles. The summed E-state index contributed by atoms with van der Waals surface area (Å²) in [5.41, 5.74) is -0.0413. The van der Waals surface area contributed by atoms with Gasteiger partial charge in [-0.2, -0.15) is 0 Å². The molecule has 0 saturated carbocycles. The molecule has 0 spiro atoms. The van der Waals surface area contributed by atoms with Crippen molar-refractivity contribution in [3.63, 3.8) is 0 Å². The van der Waals surface area contributed by atoms with Crippen LogP contribution in [0.15, 0.2) is 24.3 Å². The molecule has 0 fully saturated rings. The van der Waals surface area contributed by atoms with Gasteiger partial charge in [-0.3, -0.25) is 14.4 Å². The third kappa shape index (κ3) is 7.30. The van der Waals surface area contributed by atoms with E-state index >= 15 is 0 Å². The van der Waals surface area contributed by atoms with Crippen LogP contribution in [0.1, 0.15) is 26.7 Å². The SMILES string of the molecule is CNC(=O)COc1ccc(NC(=O)CC(C)(C)CC(=O)O)cc1. The number of anilines is 1. The number of carbonyl (C=O) groups is 3. The van der Waals surface area contributed by atoms with E-state index in [4.69, 9.17) is 9.84 Å². The third-order valence-electron chi connectivity index (χ3n) is 3.06. The summed E-state index contributed by atoms with van der Waals surface area (Å²) in [6.45, 7) is 3.39. The van der Waals surface area contributed by atoms with Crippen LogP contribution in [0.4, 0.5) is 5.69 Å². The van der Waals surface area contributed by atoms with E-state index in [-0.39, 0.29) is 31.3 Å². The minimum Gasteiger partial charge on any atom is -0.484 e. The van der Waals surface area contributed by atoms with Gasteiger partial charge in [0.1, 0.15) is 5.75 Å². The monoisotopic (exact) mass is 322 g/mol. The van der Waals surface area contributed by atoms with Crippen molar-refractivity contribution < 1.29 is 24.2 Å². The van der Waals surface area contributed by atoms with Crippen molar-refractivity contribution in [1.82, 2.24) is 5.32 Å². The Labute approximate surface area is 135 Å². The van der Waals surface area contributed by atoms with Gasteiger partial charge in [-0.1, -0.05) is 13.8 Å². The Kier molecular flexibility index (Phi) is 6.56. The van der Waals surface area contributed by atoms with Gasteiger partial charge in [-0.05, 0) is 29.7 Å². The molecule has 1 aromatic carbocycles. The quantitative estimate of drug-likeness (QED) is 0.675. The fourth-order valence-electron chi connectivity index (χ4n) is 1.97. The molecular weight excluding hydrogens is 300 g/mol. The average Bonchev–Trinajstić information content (AvgIpc) is 2.43. The number of nitrogens with one attached hydrogen (secondary N) is 2. The summed E-state index contributed by atoms with van der Waals surface area (Å²) in [6.07, 6.45) is 0.0287. The molecular formula is C16H22N2O5. The summed E-state index contributed by atoms with van der Waals surface area (Å²) in [4.78, 5) is 33.8. The van der Waals surface area contributed by atoms with E-state index in [1.807, 2.05) is 0 Å². The minimum absolute atomic E-state index is 0.0767. The van der Waals surface area contributed by atoms with Crippen LogP contribution in [-0.4, -0.2) is 36.5 Å². The number of ether oxygens (including phenoxy) is 1. The first kappa shape index (κ1) is 18.5. The molecule has 0 aliphatic rings. The van der Waals surface area contributed by atoms with E-state index in [9.17, 15) is 14.4 Å². The smallest absolute Gasteiger partial charge is 0.303 e. The Hall–Kier alpha value is -2.57. The fraction of sp³-hybridized carbons (Fsp3) is 0.438. The molecule has 2 amide bonds. The van der Waals surface area contributed by atoms with Crippen LogP contribution in [-0.2, 0) is 14.4 Å². The Bertz CT molecular complexity index is 566. The molecule has 0 bridgehead atoms. The molecule has 0 unspecified atom stereocenters. The van der Waals surface area contributed by atoms with Gasteiger partial charge in [0.05, 0.1) is 6.42 Å². The highest BCUT2D eigenvalue weighted by atomic mass is 16.5. The van der Waals surface area contributed by atoms with Crippen molar-refractivity contribution in [1.29, 1.82) is 0 Å². The second kappa shape index (κ2) is 8.17. The number of rotatable bonds is 8. The molecule has 1 aromatic rings. The summed E-state index contributed by atoms with van der Waals surface area (Å²) < 4.78 is 5.25. The van der Waals surface area contributed by atoms with Crippen molar-refractivity contribution in [2.24, 2.45) is 5.41 Å². The lowest BCUT2D eigenvalue weighted by Gasteiger charge is -2.21. The predicted octanol–water partition coefficient (Wildman–Crippen LogP) is 1.64. The van der Waals surface area contributed by atoms with E-state index in [1.165, 1.54) is 7.05 Å². The zero-order valence-corrected chi connectivity index (χ0v) is 13.5. The van der Waals surface area contributed by atoms with E-state index in [0.717, 1.165) is 0 Å². The van der Waals surface area contributed by atoms with Crippen LogP contribution in [0.5, 0.6) is 5.75 Å². The standard InChI is InChI=1S/C16H22N2O5/c1-16(2,9-15(21)22)8-13(19)18-11-4-6-12(7-5-11)23-10-14(20)17-3/h4-7H,8-10H2,1-3H3,(H,17,20)(H,18,19)(H,21,22). The maximum Gasteiger partial charge on any atom is 0.303 e. The lowest BCUT2D eigenvalue weighted by molar-refractivity contribution is -0.139. The topological polar surface area (TPSA) is 105 Å². The maximum atomic E-state index is 12.0. The third-order valence-corrected chi connectivity index (χ3v) is 3.06. The van der Waals surface area contributed by atoms with Crippen LogP contribution in [0.3, 0.4) is 0 Å². The molecule has 1 rings (SSSR count). The van der Waals surface area contributed by atoms with Crippen LogP contribution in [0.25, 0.3) is 0 Å². The van der Waals surface area contributed by atoms with Gasteiger partial charge in [-0.25, -0.2) is 0 Å². The number of carboxylic acid groups (broad SMARTS) is 1. The van der Waals surface area contributed by atoms with Crippen molar-refractivity contribution >= 4 is 23.5 Å². The second-order valence-corrected chi connectivity index (χ2v) is 5.95. The van der Waals surface area contributed by atoms with E-state index in [0.29, 0.717) is 11.4 Å². The zero-order chi connectivity index (χ0) is 17.5. The summed E-state index contributed by atoms with van der Waals surface area (Å²) in [5, 5.41) is 14.0. The van der Waals surface area contributed by atoms with E-state index in [1.54, 1.807) is 38.1 Å². The second-order valence-electron chi connectivity index (χ2n) is 5.95. The molecule has 0 aliphatic heterocycles. The Morgan fingerprint density at radius 1 is 1.09 bits per heavy atom. The number of amides is 2. The van der Waals surface area contributed by atoms with Crippen molar-refractivity contribution in [2.45, 2.75) is 26.7 Å². The summed E-state index contributed by atoms with van der Waals surface area (Å²) in [6, 6.07) is 6.59. The average molecular weight is 322 g/mol. The van der Waals surface area contributed by atoms with Crippen LogP contribution >= 0.6 is 0 Å². The number of benzene rings is 1. The van der Waals surface area contributed by atoms with Gasteiger partial charge >= 0.3 is 5.97 Å². The van der Waals surface area contributed by atoms with Gasteiger partial charge in [0.15, 0.2) is 6.61 Å². The molecule has 0 aromatic heterocycles. The number of carboxylic acids is 1. The molecule has 7 nitrogen and oxygen atoms in total. The molecule has 23 heavy (non-hydrogen) atoms. The lowest BCUT2D eigenvalue weighted by atomic mass is 9.85. The van der Waals surface area contributed by atoms with Crippen LogP contribution < -0.4 is 15.4 Å². The molecule has 0 heterocycles. The summed E-state index contributed by atoms with van der Waals surface area (Å²) in [5.74, 6) is -0.906. The Morgan fingerprint density at radius 2 is 1.70 bits per heavy atom. The number of likely N-dealkylation sites (N-methyl/N-ethyl adjacent to an activating group) is 1. The summed E-state index contributed by atoms with van der Waals surface area (Å²) in [7, 11) is 1.52. The first-order valence-electron chi connectivity index (χ1n) is 7.17. The number of hydrogen-bond donors (Lipinski definition) is 3. The predicted molar refractivity (Wildman–Crippen MR) is 85.3 cm³/mol. The molecule has 126 valence electrons. The summed E-state index contributed by atoms with van der Waals surface area (Å²) >= 11 is 0. The number of hydrogen-bond acceptors (Lipinski definition) is 4. The lowest BCUT2D eigenvalue weighted by Crippen LogP contribution is -2.25. The van der Waals surface area contributed by atoms with Crippen molar-refractivity contribution in [3.05, 3.63) is 24.3 Å². The molecule has 0 atom stereocenters. The van der Waals surface area contributed by atoms with Crippen LogP contribution in [0, 0.1) is 5.41 Å². The highest BCUT2D eigenvalue weighted by Crippen LogP contribution is 2.26. The van der Waals surface area contributed by atoms with Crippen molar-refractivity contribution in [2.75, 3.05) is 19.0 Å². The molecule has 0 aliphatic carbocycles. The fourth-order valence-corrected chi connectivity index (χ4v) is 1.97. The Morgan fingerprint density at radius 3 is 2.22 bits per heavy atom. The number of carbonyl (C=O) groups excluding carboxylic acids is 2. The van der Waals surface area contributed by atoms with Gasteiger partial charge in [0.25, 0.3) is 5.91 Å². The zero-order valence-electron chi connectivity index (χ0n) is 13.5. The maximum absolute atomic E-state index is 12.0. The molecule has 3 N–H and O–H groups in total. The van der Waals surface area contributed by atoms with Gasteiger partial charge in [0, 0.05) is 19.2 Å². The van der Waals surface area contributed by atoms with Crippen molar-refractivity contribution in [3.8, 4) is 5.75 Å². The normalized spacial score (nSPS) is 10.7. The first-order chi connectivity index (χ1) is 10.7. The van der Waals surface area contributed by atoms with Gasteiger partial charge < -0.3 is 20.5 Å². The molecule has 7 heteroatoms. The first-order valence-corrected chi connectivity index (χ1v) is 7.17. The van der Waals surface area contributed by atoms with E-state index < -0.39 is 11.4 Å². The van der Waals surface area contributed by atoms with Gasteiger partial charge in [-0.15, -0.1) is 0 Å². The van der Waals surface area contributed by atoms with E-state index in [2.05, 4.69) is 10.6 Å². The Balaban J connectivity index is 2.52. The minimum atomic E-state index is -0.930.